The minimum absolute atomic E-state index is 0.299. The molecule has 0 heterocycles. The smallest absolute Gasteiger partial charge is 0.311 e. The third-order valence-corrected chi connectivity index (χ3v) is 3.10. The van der Waals surface area contributed by atoms with Gasteiger partial charge < -0.3 is 13.6 Å². The lowest BCUT2D eigenvalue weighted by molar-refractivity contribution is 0.165. The highest BCUT2D eigenvalue weighted by Gasteiger charge is 2.15. The van der Waals surface area contributed by atoms with Gasteiger partial charge >= 0.3 is 8.60 Å². The van der Waals surface area contributed by atoms with Crippen molar-refractivity contribution in [3.8, 4) is 0 Å². The maximum Gasteiger partial charge on any atom is 0.332 e. The van der Waals surface area contributed by atoms with Crippen molar-refractivity contribution in [2.24, 2.45) is 0 Å². The highest BCUT2D eigenvalue weighted by molar-refractivity contribution is 9.10. The van der Waals surface area contributed by atoms with Gasteiger partial charge in [-0.25, -0.2) is 0 Å². The van der Waals surface area contributed by atoms with E-state index in [9.17, 15) is 0 Å². The van der Waals surface area contributed by atoms with Crippen LogP contribution in [0.4, 0.5) is 0 Å². The zero-order valence-corrected chi connectivity index (χ0v) is 15.3. The van der Waals surface area contributed by atoms with Crippen LogP contribution in [0.25, 0.3) is 0 Å². The SMILES string of the molecule is CC(Br)COP(OCC(C)Br)OCC(C)Br. The van der Waals surface area contributed by atoms with Crippen molar-refractivity contribution in [1.29, 1.82) is 0 Å². The Hall–Kier alpha value is 1.75. The second-order valence-electron chi connectivity index (χ2n) is 3.45. The lowest BCUT2D eigenvalue weighted by Crippen LogP contribution is -2.09. The average Bonchev–Trinajstić information content (AvgIpc) is 2.15. The van der Waals surface area contributed by atoms with Crippen molar-refractivity contribution in [1.82, 2.24) is 0 Å². The van der Waals surface area contributed by atoms with Gasteiger partial charge in [-0.1, -0.05) is 68.6 Å². The van der Waals surface area contributed by atoms with Crippen LogP contribution in [0.15, 0.2) is 0 Å². The molecular weight excluding hydrogens is 427 g/mol. The van der Waals surface area contributed by atoms with E-state index in [1.807, 2.05) is 20.8 Å². The molecule has 0 saturated heterocycles. The molecule has 3 nitrogen and oxygen atoms in total. The van der Waals surface area contributed by atoms with Gasteiger partial charge in [0.2, 0.25) is 0 Å². The number of hydrogen-bond donors (Lipinski definition) is 0. The van der Waals surface area contributed by atoms with Crippen molar-refractivity contribution in [2.75, 3.05) is 19.8 Å². The topological polar surface area (TPSA) is 27.7 Å². The Labute approximate surface area is 124 Å². The van der Waals surface area contributed by atoms with Crippen molar-refractivity contribution in [3.05, 3.63) is 0 Å². The standard InChI is InChI=1S/C9H18Br3O3P/c1-7(10)4-13-16(14-5-8(2)11)15-6-9(3)12/h7-9H,4-6H2,1-3H3. The first-order valence-corrected chi connectivity index (χ1v) is 8.87. The first-order chi connectivity index (χ1) is 7.41. The molecule has 0 spiro atoms. The van der Waals surface area contributed by atoms with Crippen molar-refractivity contribution in [3.63, 3.8) is 0 Å². The number of rotatable bonds is 9. The molecule has 0 bridgehead atoms. The van der Waals surface area contributed by atoms with Crippen molar-refractivity contribution < 1.29 is 13.6 Å². The quantitative estimate of drug-likeness (QED) is 0.384. The van der Waals surface area contributed by atoms with E-state index in [1.165, 1.54) is 0 Å². The summed E-state index contributed by atoms with van der Waals surface area (Å²) in [6, 6.07) is 0. The first kappa shape index (κ1) is 17.8. The molecular formula is C9H18Br3O3P. The Kier molecular flexibility index (Phi) is 11.8. The summed E-state index contributed by atoms with van der Waals surface area (Å²) >= 11 is 10.3. The molecule has 3 unspecified atom stereocenters. The number of alkyl halides is 3. The van der Waals surface area contributed by atoms with Crippen LogP contribution in [0.2, 0.25) is 0 Å². The average molecular weight is 445 g/mol. The second-order valence-corrected chi connectivity index (χ2v) is 9.36. The van der Waals surface area contributed by atoms with Crippen molar-refractivity contribution in [2.45, 2.75) is 35.3 Å². The van der Waals surface area contributed by atoms with E-state index in [1.54, 1.807) is 0 Å². The van der Waals surface area contributed by atoms with Crippen LogP contribution in [-0.4, -0.2) is 34.3 Å². The van der Waals surface area contributed by atoms with Crippen LogP contribution >= 0.6 is 56.4 Å². The molecule has 0 amide bonds. The Morgan fingerprint density at radius 2 is 1.00 bits per heavy atom. The predicted octanol–water partition coefficient (Wildman–Crippen LogP) is 4.61. The van der Waals surface area contributed by atoms with E-state index in [0.717, 1.165) is 0 Å². The molecule has 98 valence electrons. The molecule has 7 heteroatoms. The lowest BCUT2D eigenvalue weighted by Gasteiger charge is -2.18. The summed E-state index contributed by atoms with van der Waals surface area (Å²) in [5.74, 6) is 0. The zero-order valence-electron chi connectivity index (χ0n) is 9.66. The fourth-order valence-corrected chi connectivity index (χ4v) is 2.87. The third kappa shape index (κ3) is 12.2. The summed E-state index contributed by atoms with van der Waals surface area (Å²) in [6.07, 6.45) is 0. The summed E-state index contributed by atoms with van der Waals surface area (Å²) in [7, 11) is -1.25. The molecule has 16 heavy (non-hydrogen) atoms. The van der Waals surface area contributed by atoms with E-state index in [-0.39, 0.29) is 0 Å². The van der Waals surface area contributed by atoms with E-state index in [2.05, 4.69) is 47.8 Å². The monoisotopic (exact) mass is 442 g/mol. The van der Waals surface area contributed by atoms with Gasteiger partial charge in [-0.05, 0) is 0 Å². The molecule has 0 radical (unpaired) electrons. The van der Waals surface area contributed by atoms with Gasteiger partial charge in [0.25, 0.3) is 0 Å². The van der Waals surface area contributed by atoms with E-state index in [0.29, 0.717) is 34.3 Å². The van der Waals surface area contributed by atoms with Crippen LogP contribution in [-0.2, 0) is 13.6 Å². The Morgan fingerprint density at radius 3 is 1.19 bits per heavy atom. The molecule has 0 aliphatic rings. The van der Waals surface area contributed by atoms with E-state index >= 15 is 0 Å². The van der Waals surface area contributed by atoms with Crippen LogP contribution < -0.4 is 0 Å². The predicted molar refractivity (Wildman–Crippen MR) is 79.9 cm³/mol. The van der Waals surface area contributed by atoms with Crippen LogP contribution in [0, 0.1) is 0 Å². The van der Waals surface area contributed by atoms with E-state index in [4.69, 9.17) is 13.6 Å². The number of halogens is 3. The zero-order chi connectivity index (χ0) is 12.6. The van der Waals surface area contributed by atoms with Crippen LogP contribution in [0.1, 0.15) is 20.8 Å². The molecule has 0 saturated carbocycles. The molecule has 0 fully saturated rings. The summed E-state index contributed by atoms with van der Waals surface area (Å²) in [5.41, 5.74) is 0. The largest absolute Gasteiger partial charge is 0.332 e. The Morgan fingerprint density at radius 1 is 0.750 bits per heavy atom. The van der Waals surface area contributed by atoms with Gasteiger partial charge in [0.1, 0.15) is 0 Å². The highest BCUT2D eigenvalue weighted by Crippen LogP contribution is 2.40. The summed E-state index contributed by atoms with van der Waals surface area (Å²) in [5, 5.41) is 0. The number of hydrogen-bond acceptors (Lipinski definition) is 3. The summed E-state index contributed by atoms with van der Waals surface area (Å²) in [4.78, 5) is 0.896. The fraction of sp³-hybridized carbons (Fsp3) is 1.00. The van der Waals surface area contributed by atoms with Crippen molar-refractivity contribution >= 4 is 56.4 Å². The van der Waals surface area contributed by atoms with Gasteiger partial charge in [0.05, 0.1) is 19.8 Å². The minimum Gasteiger partial charge on any atom is -0.311 e. The molecule has 0 rings (SSSR count). The summed E-state index contributed by atoms with van der Waals surface area (Å²) < 4.78 is 16.6. The Balaban J connectivity index is 3.85. The fourth-order valence-electron chi connectivity index (χ4n) is 0.602. The van der Waals surface area contributed by atoms with Gasteiger partial charge in [0.15, 0.2) is 0 Å². The van der Waals surface area contributed by atoms with Gasteiger partial charge in [0, 0.05) is 14.5 Å². The first-order valence-electron chi connectivity index (χ1n) is 5.03. The molecule has 0 aromatic rings. The lowest BCUT2D eigenvalue weighted by atomic mass is 10.5. The highest BCUT2D eigenvalue weighted by atomic mass is 79.9. The van der Waals surface area contributed by atoms with Crippen LogP contribution in [0.5, 0.6) is 0 Å². The second kappa shape index (κ2) is 10.7. The molecule has 0 N–H and O–H groups in total. The van der Waals surface area contributed by atoms with Gasteiger partial charge in [-0.15, -0.1) is 0 Å². The maximum absolute atomic E-state index is 5.54. The van der Waals surface area contributed by atoms with Gasteiger partial charge in [-0.3, -0.25) is 0 Å². The summed E-state index contributed by atoms with van der Waals surface area (Å²) in [6.45, 7) is 7.81. The molecule has 3 atom stereocenters. The minimum atomic E-state index is -1.25. The maximum atomic E-state index is 5.54. The molecule has 0 aliphatic heterocycles. The molecule has 0 aromatic carbocycles. The molecule has 0 aromatic heterocycles. The normalized spacial score (nSPS) is 19.1. The molecule has 0 aliphatic carbocycles. The Bertz CT molecular complexity index is 142. The van der Waals surface area contributed by atoms with Crippen LogP contribution in [0.3, 0.4) is 0 Å². The van der Waals surface area contributed by atoms with E-state index < -0.39 is 8.60 Å². The van der Waals surface area contributed by atoms with Gasteiger partial charge in [-0.2, -0.15) is 0 Å². The third-order valence-electron chi connectivity index (χ3n) is 1.23.